The molecule has 1 saturated heterocycles. The minimum absolute atomic E-state index is 0.327. The van der Waals surface area contributed by atoms with Gasteiger partial charge in [0.1, 0.15) is 12.2 Å². The van der Waals surface area contributed by atoms with Crippen molar-refractivity contribution in [2.75, 3.05) is 0 Å². The first-order valence-electron chi connectivity index (χ1n) is 5.99. The third kappa shape index (κ3) is 1.41. The smallest absolute Gasteiger partial charge is 0.117 e. The van der Waals surface area contributed by atoms with Crippen molar-refractivity contribution in [2.24, 2.45) is 0 Å². The summed E-state index contributed by atoms with van der Waals surface area (Å²) in [7, 11) is 0. The fourth-order valence-electron chi connectivity index (χ4n) is 3.05. The van der Waals surface area contributed by atoms with Crippen molar-refractivity contribution in [1.29, 1.82) is 0 Å². The summed E-state index contributed by atoms with van der Waals surface area (Å²) in [5, 5.41) is 0. The first-order valence-corrected chi connectivity index (χ1v) is 5.99. The molecule has 0 spiro atoms. The van der Waals surface area contributed by atoms with Crippen LogP contribution in [-0.2, 0) is 9.78 Å². The highest BCUT2D eigenvalue weighted by Gasteiger charge is 2.41. The highest BCUT2D eigenvalue weighted by Crippen LogP contribution is 2.42. The van der Waals surface area contributed by atoms with Crippen LogP contribution in [0.4, 0.5) is 0 Å². The van der Waals surface area contributed by atoms with Crippen molar-refractivity contribution < 1.29 is 9.78 Å². The average Bonchev–Trinajstić information content (AvgIpc) is 2.69. The summed E-state index contributed by atoms with van der Waals surface area (Å²) in [4.78, 5) is 10.6. The Labute approximate surface area is 85.2 Å². The van der Waals surface area contributed by atoms with Crippen molar-refractivity contribution in [2.45, 2.75) is 63.6 Å². The molecule has 0 aromatic rings. The van der Waals surface area contributed by atoms with Gasteiger partial charge in [0.25, 0.3) is 0 Å². The molecule has 1 aliphatic heterocycles. The molecule has 0 aromatic heterocycles. The zero-order valence-corrected chi connectivity index (χ0v) is 8.63. The molecule has 2 bridgehead atoms. The Morgan fingerprint density at radius 3 is 1.86 bits per heavy atom. The molecule has 2 aliphatic carbocycles. The van der Waals surface area contributed by atoms with Gasteiger partial charge < -0.3 is 0 Å². The largest absolute Gasteiger partial charge is 0.228 e. The second kappa shape index (κ2) is 3.67. The van der Waals surface area contributed by atoms with E-state index in [1.165, 1.54) is 56.9 Å². The van der Waals surface area contributed by atoms with E-state index < -0.39 is 0 Å². The fourth-order valence-corrected chi connectivity index (χ4v) is 3.05. The summed E-state index contributed by atoms with van der Waals surface area (Å²) in [6.07, 6.45) is 11.2. The topological polar surface area (TPSA) is 18.5 Å². The van der Waals surface area contributed by atoms with Gasteiger partial charge in [-0.05, 0) is 44.1 Å². The van der Waals surface area contributed by atoms with Crippen LogP contribution in [0.2, 0.25) is 0 Å². The molecular weight excluding hydrogens is 176 g/mol. The third-order valence-corrected chi connectivity index (χ3v) is 3.79. The predicted octanol–water partition coefficient (Wildman–Crippen LogP) is 3.13. The van der Waals surface area contributed by atoms with E-state index in [0.717, 1.165) is 0 Å². The first kappa shape index (κ1) is 8.93. The SMILES string of the molecule is C1CCCC(=C2[C@@H]3CC[C@H]2OO3)CC1. The Bertz CT molecular complexity index is 225. The molecule has 2 heteroatoms. The molecule has 3 rings (SSSR count). The Morgan fingerprint density at radius 1 is 0.786 bits per heavy atom. The lowest BCUT2D eigenvalue weighted by molar-refractivity contribution is -0.315. The summed E-state index contributed by atoms with van der Waals surface area (Å²) in [5.74, 6) is 0. The van der Waals surface area contributed by atoms with Crippen molar-refractivity contribution in [3.05, 3.63) is 11.1 Å². The van der Waals surface area contributed by atoms with Crippen molar-refractivity contribution >= 4 is 0 Å². The van der Waals surface area contributed by atoms with Crippen LogP contribution in [0, 0.1) is 0 Å². The quantitative estimate of drug-likeness (QED) is 0.335. The maximum Gasteiger partial charge on any atom is 0.117 e. The normalized spacial score (nSPS) is 37.7. The van der Waals surface area contributed by atoms with Gasteiger partial charge in [0.05, 0.1) is 0 Å². The van der Waals surface area contributed by atoms with Gasteiger partial charge in [0.2, 0.25) is 0 Å². The Kier molecular flexibility index (Phi) is 2.34. The highest BCUT2D eigenvalue weighted by atomic mass is 17.2. The summed E-state index contributed by atoms with van der Waals surface area (Å²) in [5.41, 5.74) is 3.21. The van der Waals surface area contributed by atoms with Crippen LogP contribution in [-0.4, -0.2) is 12.2 Å². The van der Waals surface area contributed by atoms with Crippen LogP contribution in [0.3, 0.4) is 0 Å². The van der Waals surface area contributed by atoms with Gasteiger partial charge in [-0.2, -0.15) is 0 Å². The van der Waals surface area contributed by atoms with Crippen molar-refractivity contribution in [3.8, 4) is 0 Å². The Hall–Kier alpha value is -0.340. The van der Waals surface area contributed by atoms with Gasteiger partial charge in [-0.1, -0.05) is 18.4 Å². The summed E-state index contributed by atoms with van der Waals surface area (Å²) in [6, 6.07) is 0. The van der Waals surface area contributed by atoms with Crippen molar-refractivity contribution in [3.63, 3.8) is 0 Å². The van der Waals surface area contributed by atoms with E-state index in [1.807, 2.05) is 0 Å². The first-order chi connectivity index (χ1) is 6.95. The van der Waals surface area contributed by atoms with Crippen LogP contribution in [0.1, 0.15) is 51.4 Å². The van der Waals surface area contributed by atoms with E-state index in [9.17, 15) is 0 Å². The van der Waals surface area contributed by atoms with E-state index in [1.54, 1.807) is 5.57 Å². The number of hydrogen-bond donors (Lipinski definition) is 0. The molecule has 0 unspecified atom stereocenters. The van der Waals surface area contributed by atoms with E-state index in [2.05, 4.69) is 0 Å². The molecule has 78 valence electrons. The number of rotatable bonds is 0. The van der Waals surface area contributed by atoms with E-state index in [0.29, 0.717) is 12.2 Å². The number of hydrogen-bond acceptors (Lipinski definition) is 2. The van der Waals surface area contributed by atoms with Gasteiger partial charge in [-0.15, -0.1) is 0 Å². The molecule has 0 radical (unpaired) electrons. The number of allylic oxidation sites excluding steroid dienone is 1. The summed E-state index contributed by atoms with van der Waals surface area (Å²) in [6.45, 7) is 0. The van der Waals surface area contributed by atoms with Crippen LogP contribution in [0.25, 0.3) is 0 Å². The monoisotopic (exact) mass is 194 g/mol. The lowest BCUT2D eigenvalue weighted by Crippen LogP contribution is -2.05. The molecular formula is C12H18O2. The minimum Gasteiger partial charge on any atom is -0.228 e. The second-order valence-electron chi connectivity index (χ2n) is 4.72. The van der Waals surface area contributed by atoms with E-state index in [-0.39, 0.29) is 0 Å². The highest BCUT2D eigenvalue weighted by molar-refractivity contribution is 5.28. The van der Waals surface area contributed by atoms with Gasteiger partial charge in [0, 0.05) is 0 Å². The third-order valence-electron chi connectivity index (χ3n) is 3.79. The number of fused-ring (bicyclic) bond motifs is 2. The zero-order chi connectivity index (χ0) is 9.38. The fraction of sp³-hybridized carbons (Fsp3) is 0.833. The molecule has 2 saturated carbocycles. The lowest BCUT2D eigenvalue weighted by Gasteiger charge is -2.08. The van der Waals surface area contributed by atoms with E-state index in [4.69, 9.17) is 9.78 Å². The summed E-state index contributed by atoms with van der Waals surface area (Å²) < 4.78 is 0. The molecule has 2 atom stereocenters. The maximum absolute atomic E-state index is 5.30. The van der Waals surface area contributed by atoms with Crippen LogP contribution >= 0.6 is 0 Å². The zero-order valence-electron chi connectivity index (χ0n) is 8.63. The molecule has 2 nitrogen and oxygen atoms in total. The minimum atomic E-state index is 0.327. The average molecular weight is 194 g/mol. The van der Waals surface area contributed by atoms with E-state index >= 15 is 0 Å². The van der Waals surface area contributed by atoms with Gasteiger partial charge in [0.15, 0.2) is 0 Å². The molecule has 0 aromatic carbocycles. The molecule has 0 amide bonds. The lowest BCUT2D eigenvalue weighted by atomic mass is 9.98. The van der Waals surface area contributed by atoms with Gasteiger partial charge in [-0.3, -0.25) is 0 Å². The predicted molar refractivity (Wildman–Crippen MR) is 53.7 cm³/mol. The Balaban J connectivity index is 1.86. The van der Waals surface area contributed by atoms with Crippen molar-refractivity contribution in [1.82, 2.24) is 0 Å². The molecule has 3 aliphatic rings. The van der Waals surface area contributed by atoms with Crippen LogP contribution in [0.15, 0.2) is 11.1 Å². The second-order valence-corrected chi connectivity index (χ2v) is 4.72. The van der Waals surface area contributed by atoms with Crippen LogP contribution in [0.5, 0.6) is 0 Å². The molecule has 14 heavy (non-hydrogen) atoms. The standard InChI is InChI=1S/C12H18O2/c1-2-4-6-9(5-3-1)12-10-7-8-11(12)14-13-10/h10-11H,1-8H2/t10-,11+. The Morgan fingerprint density at radius 2 is 1.36 bits per heavy atom. The molecule has 3 fully saturated rings. The van der Waals surface area contributed by atoms with Gasteiger partial charge in [-0.25, -0.2) is 9.78 Å². The molecule has 0 N–H and O–H groups in total. The maximum atomic E-state index is 5.30. The molecule has 1 heterocycles. The van der Waals surface area contributed by atoms with Gasteiger partial charge >= 0.3 is 0 Å². The van der Waals surface area contributed by atoms with Crippen LogP contribution < -0.4 is 0 Å². The summed E-state index contributed by atoms with van der Waals surface area (Å²) >= 11 is 0.